The zero-order valence-electron chi connectivity index (χ0n) is 16.7. The number of nitrogens with zero attached hydrogens (tertiary/aromatic N) is 2. The largest absolute Gasteiger partial charge is 0.394 e. The Hall–Kier alpha value is -1.44. The SMILES string of the molecule is CC[C@@H]1CN(C(=O)CCc2ccccc2)[C@H](CO)[C@@H]1CN1CCS(=O)(=O)CC1. The molecule has 0 aliphatic carbocycles. The van der Waals surface area contributed by atoms with Crippen molar-refractivity contribution < 1.29 is 18.3 Å². The van der Waals surface area contributed by atoms with Gasteiger partial charge in [-0.1, -0.05) is 43.7 Å². The van der Waals surface area contributed by atoms with Crippen LogP contribution >= 0.6 is 0 Å². The van der Waals surface area contributed by atoms with Crippen LogP contribution in [0.4, 0.5) is 0 Å². The van der Waals surface area contributed by atoms with Gasteiger partial charge in [0.15, 0.2) is 9.84 Å². The number of aliphatic hydroxyl groups excluding tert-OH is 1. The van der Waals surface area contributed by atoms with Crippen LogP contribution in [0.3, 0.4) is 0 Å². The molecule has 3 rings (SSSR count). The molecule has 2 saturated heterocycles. The fraction of sp³-hybridized carbons (Fsp3) is 0.667. The van der Waals surface area contributed by atoms with Gasteiger partial charge in [-0.25, -0.2) is 8.42 Å². The van der Waals surface area contributed by atoms with Crippen molar-refractivity contribution in [1.82, 2.24) is 9.80 Å². The van der Waals surface area contributed by atoms with Gasteiger partial charge in [-0.05, 0) is 23.8 Å². The van der Waals surface area contributed by atoms with Crippen LogP contribution < -0.4 is 0 Å². The van der Waals surface area contributed by atoms with Crippen molar-refractivity contribution in [1.29, 1.82) is 0 Å². The number of sulfone groups is 1. The number of rotatable bonds is 7. The Balaban J connectivity index is 1.62. The second-order valence-corrected chi connectivity index (χ2v) is 10.4. The number of carbonyl (C=O) groups is 1. The van der Waals surface area contributed by atoms with Crippen LogP contribution in [0.15, 0.2) is 30.3 Å². The number of amides is 1. The van der Waals surface area contributed by atoms with Crippen molar-refractivity contribution in [2.75, 3.05) is 44.3 Å². The van der Waals surface area contributed by atoms with Crippen LogP contribution in [0.2, 0.25) is 0 Å². The molecule has 1 aromatic rings. The third-order valence-electron chi connectivity index (χ3n) is 6.34. The van der Waals surface area contributed by atoms with E-state index in [4.69, 9.17) is 0 Å². The van der Waals surface area contributed by atoms with E-state index in [-0.39, 0.29) is 36.0 Å². The van der Waals surface area contributed by atoms with Crippen LogP contribution in [-0.2, 0) is 21.1 Å². The lowest BCUT2D eigenvalue weighted by Gasteiger charge is -2.33. The maximum absolute atomic E-state index is 12.9. The summed E-state index contributed by atoms with van der Waals surface area (Å²) in [5, 5.41) is 10.1. The highest BCUT2D eigenvalue weighted by atomic mass is 32.2. The Morgan fingerprint density at radius 1 is 1.18 bits per heavy atom. The maximum Gasteiger partial charge on any atom is 0.223 e. The number of hydrogen-bond acceptors (Lipinski definition) is 5. The Bertz CT molecular complexity index is 739. The third kappa shape index (κ3) is 5.13. The highest BCUT2D eigenvalue weighted by Crippen LogP contribution is 2.33. The summed E-state index contributed by atoms with van der Waals surface area (Å²) in [5.74, 6) is 1.05. The molecule has 2 fully saturated rings. The first-order valence-corrected chi connectivity index (χ1v) is 12.1. The highest BCUT2D eigenvalue weighted by Gasteiger charge is 2.43. The predicted molar refractivity (Wildman–Crippen MR) is 110 cm³/mol. The van der Waals surface area contributed by atoms with E-state index in [1.54, 1.807) is 0 Å². The minimum atomic E-state index is -2.90. The van der Waals surface area contributed by atoms with Gasteiger partial charge in [0.2, 0.25) is 5.91 Å². The van der Waals surface area contributed by atoms with Crippen molar-refractivity contribution in [2.24, 2.45) is 11.8 Å². The van der Waals surface area contributed by atoms with Gasteiger partial charge in [-0.15, -0.1) is 0 Å². The quantitative estimate of drug-likeness (QED) is 0.733. The first-order chi connectivity index (χ1) is 13.4. The van der Waals surface area contributed by atoms with Gasteiger partial charge < -0.3 is 14.9 Å². The molecular weight excluding hydrogens is 376 g/mol. The van der Waals surface area contributed by atoms with Crippen LogP contribution in [-0.4, -0.2) is 79.6 Å². The van der Waals surface area contributed by atoms with Crippen LogP contribution in [0.25, 0.3) is 0 Å². The number of carbonyl (C=O) groups excluding carboxylic acids is 1. The van der Waals surface area contributed by atoms with Gasteiger partial charge in [0.05, 0.1) is 24.2 Å². The number of aliphatic hydroxyl groups is 1. The molecule has 7 heteroatoms. The predicted octanol–water partition coefficient (Wildman–Crippen LogP) is 1.20. The molecular formula is C21H32N2O4S. The van der Waals surface area contributed by atoms with E-state index in [9.17, 15) is 18.3 Å². The summed E-state index contributed by atoms with van der Waals surface area (Å²) >= 11 is 0. The summed E-state index contributed by atoms with van der Waals surface area (Å²) in [6.07, 6.45) is 2.11. The second-order valence-electron chi connectivity index (χ2n) is 8.07. The zero-order chi connectivity index (χ0) is 20.1. The van der Waals surface area contributed by atoms with Gasteiger partial charge in [-0.3, -0.25) is 4.79 Å². The van der Waals surface area contributed by atoms with E-state index in [0.717, 1.165) is 18.5 Å². The summed E-state index contributed by atoms with van der Waals surface area (Å²) in [6, 6.07) is 9.82. The molecule has 3 atom stereocenters. The van der Waals surface area contributed by atoms with Crippen LogP contribution in [0.5, 0.6) is 0 Å². The van der Waals surface area contributed by atoms with Gasteiger partial charge in [0, 0.05) is 32.6 Å². The molecule has 28 heavy (non-hydrogen) atoms. The molecule has 0 bridgehead atoms. The van der Waals surface area contributed by atoms with E-state index in [1.165, 1.54) is 0 Å². The van der Waals surface area contributed by atoms with Crippen molar-refractivity contribution in [2.45, 2.75) is 32.2 Å². The van der Waals surface area contributed by atoms with Gasteiger partial charge in [0.1, 0.15) is 0 Å². The van der Waals surface area contributed by atoms with Crippen LogP contribution in [0.1, 0.15) is 25.3 Å². The number of hydrogen-bond donors (Lipinski definition) is 1. The molecule has 1 N–H and O–H groups in total. The lowest BCUT2D eigenvalue weighted by molar-refractivity contribution is -0.133. The van der Waals surface area contributed by atoms with Crippen molar-refractivity contribution in [3.8, 4) is 0 Å². The lowest BCUT2D eigenvalue weighted by atomic mass is 9.88. The molecule has 1 amide bonds. The maximum atomic E-state index is 12.9. The second kappa shape index (κ2) is 9.37. The summed E-state index contributed by atoms with van der Waals surface area (Å²) < 4.78 is 23.4. The highest BCUT2D eigenvalue weighted by molar-refractivity contribution is 7.91. The first kappa shape index (κ1) is 21.3. The van der Waals surface area contributed by atoms with Gasteiger partial charge in [0.25, 0.3) is 0 Å². The Kier molecular flexibility index (Phi) is 7.12. The molecule has 0 aromatic heterocycles. The van der Waals surface area contributed by atoms with E-state index >= 15 is 0 Å². The van der Waals surface area contributed by atoms with E-state index in [2.05, 4.69) is 11.8 Å². The minimum absolute atomic E-state index is 0.0373. The summed E-state index contributed by atoms with van der Waals surface area (Å²) in [5.41, 5.74) is 1.15. The first-order valence-electron chi connectivity index (χ1n) is 10.3. The molecule has 0 spiro atoms. The fourth-order valence-corrected chi connectivity index (χ4v) is 5.84. The number of likely N-dealkylation sites (tertiary alicyclic amines) is 1. The molecule has 2 aliphatic heterocycles. The molecule has 2 aliphatic rings. The number of aryl methyl sites for hydroxylation is 1. The number of benzene rings is 1. The van der Waals surface area contributed by atoms with Crippen molar-refractivity contribution in [3.63, 3.8) is 0 Å². The van der Waals surface area contributed by atoms with Gasteiger partial charge >= 0.3 is 0 Å². The third-order valence-corrected chi connectivity index (χ3v) is 7.95. The molecule has 2 heterocycles. The Labute approximate surface area is 168 Å². The molecule has 0 unspecified atom stereocenters. The zero-order valence-corrected chi connectivity index (χ0v) is 17.5. The van der Waals surface area contributed by atoms with E-state index in [0.29, 0.717) is 38.4 Å². The van der Waals surface area contributed by atoms with Crippen LogP contribution in [0, 0.1) is 11.8 Å². The molecule has 6 nitrogen and oxygen atoms in total. The summed E-state index contributed by atoms with van der Waals surface area (Å²) in [7, 11) is -2.90. The monoisotopic (exact) mass is 408 g/mol. The topological polar surface area (TPSA) is 77.9 Å². The Morgan fingerprint density at radius 3 is 2.46 bits per heavy atom. The molecule has 156 valence electrons. The van der Waals surface area contributed by atoms with E-state index < -0.39 is 9.84 Å². The summed E-state index contributed by atoms with van der Waals surface area (Å²) in [6.45, 7) is 4.63. The van der Waals surface area contributed by atoms with Crippen molar-refractivity contribution in [3.05, 3.63) is 35.9 Å². The Morgan fingerprint density at radius 2 is 1.86 bits per heavy atom. The molecule has 0 radical (unpaired) electrons. The minimum Gasteiger partial charge on any atom is -0.394 e. The summed E-state index contributed by atoms with van der Waals surface area (Å²) in [4.78, 5) is 17.0. The smallest absolute Gasteiger partial charge is 0.223 e. The fourth-order valence-electron chi connectivity index (χ4n) is 4.56. The average molecular weight is 409 g/mol. The lowest BCUT2D eigenvalue weighted by Crippen LogP contribution is -2.47. The average Bonchev–Trinajstić information content (AvgIpc) is 3.06. The molecule has 1 aromatic carbocycles. The molecule has 0 saturated carbocycles. The standard InChI is InChI=1S/C21H32N2O4S/c1-2-18-14-23(21(25)9-8-17-6-4-3-5-7-17)20(16-24)19(18)15-22-10-12-28(26,27)13-11-22/h3-7,18-20,24H,2,8-16H2,1H3/t18-,19-,20-/m1/s1. The normalized spacial score (nSPS) is 27.8. The van der Waals surface area contributed by atoms with E-state index in [1.807, 2.05) is 35.2 Å². The van der Waals surface area contributed by atoms with Crippen molar-refractivity contribution >= 4 is 15.7 Å². The van der Waals surface area contributed by atoms with Gasteiger partial charge in [-0.2, -0.15) is 0 Å².